The zero-order chi connectivity index (χ0) is 21.4. The summed E-state index contributed by atoms with van der Waals surface area (Å²) in [5.41, 5.74) is 0.837. The van der Waals surface area contributed by atoms with E-state index in [0.29, 0.717) is 25.0 Å². The number of carbonyl (C=O) groups is 1. The van der Waals surface area contributed by atoms with E-state index in [1.54, 1.807) is 22.8 Å². The molecule has 8 nitrogen and oxygen atoms in total. The topological polar surface area (TPSA) is 69.0 Å². The highest BCUT2D eigenvalue weighted by atomic mass is 16.2. The smallest absolute Gasteiger partial charge is 0.246 e. The molecule has 1 aliphatic rings. The molecule has 29 heavy (non-hydrogen) atoms. The van der Waals surface area contributed by atoms with E-state index in [4.69, 9.17) is 0 Å². The molecule has 8 heteroatoms. The molecule has 0 aliphatic carbocycles. The van der Waals surface area contributed by atoms with E-state index in [0.717, 1.165) is 37.8 Å². The molecule has 1 aromatic heterocycles. The van der Waals surface area contributed by atoms with E-state index in [-0.39, 0.29) is 5.91 Å². The second-order valence-electron chi connectivity index (χ2n) is 7.61. The van der Waals surface area contributed by atoms with Crippen molar-refractivity contribution >= 4 is 17.6 Å². The number of guanidine groups is 1. The number of nitrogens with one attached hydrogen (secondary N) is 1. The maximum absolute atomic E-state index is 12.7. The fourth-order valence-electron chi connectivity index (χ4n) is 3.67. The maximum Gasteiger partial charge on any atom is 0.246 e. The Morgan fingerprint density at radius 2 is 2.03 bits per heavy atom. The summed E-state index contributed by atoms with van der Waals surface area (Å²) < 4.78 is 1.71. The molecule has 0 bridgehead atoms. The number of hydrogen-bond acceptors (Lipinski definition) is 4. The minimum absolute atomic E-state index is 0.0487. The highest BCUT2D eigenvalue weighted by molar-refractivity contribution is 5.98. The first-order valence-corrected chi connectivity index (χ1v) is 10.1. The molecule has 1 atom stereocenters. The van der Waals surface area contributed by atoms with Crippen LogP contribution in [0, 0.1) is 5.92 Å². The van der Waals surface area contributed by atoms with Crippen molar-refractivity contribution in [1.82, 2.24) is 24.9 Å². The van der Waals surface area contributed by atoms with Gasteiger partial charge in [0, 0.05) is 59.1 Å². The van der Waals surface area contributed by atoms with Crippen LogP contribution in [0.25, 0.3) is 0 Å². The summed E-state index contributed by atoms with van der Waals surface area (Å²) in [6.07, 6.45) is 7.43. The molecular weight excluding hydrogens is 366 g/mol. The molecule has 1 N–H and O–H groups in total. The van der Waals surface area contributed by atoms with Gasteiger partial charge in [0.1, 0.15) is 6.54 Å². The van der Waals surface area contributed by atoms with Gasteiger partial charge in [-0.3, -0.25) is 19.4 Å². The van der Waals surface area contributed by atoms with E-state index in [9.17, 15) is 4.79 Å². The molecule has 0 aromatic carbocycles. The van der Waals surface area contributed by atoms with Crippen LogP contribution in [0.5, 0.6) is 0 Å². The third-order valence-corrected chi connectivity index (χ3v) is 5.17. The van der Waals surface area contributed by atoms with Crippen molar-refractivity contribution in [3.8, 4) is 0 Å². The van der Waals surface area contributed by atoms with Crippen molar-refractivity contribution in [2.75, 3.05) is 51.2 Å². The Morgan fingerprint density at radius 1 is 1.34 bits per heavy atom. The minimum Gasteiger partial charge on any atom is -0.355 e. The molecular formula is C21H35N7O. The van der Waals surface area contributed by atoms with Crippen molar-refractivity contribution in [2.45, 2.75) is 19.9 Å². The van der Waals surface area contributed by atoms with E-state index >= 15 is 0 Å². The lowest BCUT2D eigenvalue weighted by atomic mass is 10.0. The summed E-state index contributed by atoms with van der Waals surface area (Å²) in [5.74, 6) is 1.25. The SMILES string of the molecule is C=CCN(CC=C)C(CNC(=NC)N1CCN(c2cnn(C)c2)C(=O)C1)C(C)C. The molecule has 1 aliphatic heterocycles. The van der Waals surface area contributed by atoms with Crippen molar-refractivity contribution in [3.63, 3.8) is 0 Å². The highest BCUT2D eigenvalue weighted by Gasteiger charge is 2.28. The van der Waals surface area contributed by atoms with E-state index in [1.807, 2.05) is 30.3 Å². The van der Waals surface area contributed by atoms with E-state index in [2.05, 4.69) is 47.3 Å². The fraction of sp³-hybridized carbons (Fsp3) is 0.571. The zero-order valence-electron chi connectivity index (χ0n) is 18.2. The number of aliphatic imine (C=N–C) groups is 1. The van der Waals surface area contributed by atoms with Crippen LogP contribution >= 0.6 is 0 Å². The first-order valence-electron chi connectivity index (χ1n) is 10.1. The summed E-state index contributed by atoms with van der Waals surface area (Å²) in [5, 5.41) is 7.64. The second-order valence-corrected chi connectivity index (χ2v) is 7.61. The molecule has 2 heterocycles. The summed E-state index contributed by atoms with van der Waals surface area (Å²) in [4.78, 5) is 23.2. The number of aryl methyl sites for hydroxylation is 1. The Morgan fingerprint density at radius 3 is 2.52 bits per heavy atom. The van der Waals surface area contributed by atoms with Gasteiger partial charge in [-0.05, 0) is 5.92 Å². The Kier molecular flexibility index (Phi) is 8.45. The number of rotatable bonds is 9. The molecule has 1 unspecified atom stereocenters. The Labute approximate surface area is 174 Å². The molecule has 0 saturated carbocycles. The third-order valence-electron chi connectivity index (χ3n) is 5.17. The van der Waals surface area contributed by atoms with E-state index in [1.165, 1.54) is 0 Å². The van der Waals surface area contributed by atoms with Crippen LogP contribution in [-0.4, -0.2) is 83.8 Å². The van der Waals surface area contributed by atoms with Gasteiger partial charge in [-0.25, -0.2) is 0 Å². The molecule has 1 saturated heterocycles. The molecule has 0 radical (unpaired) electrons. The molecule has 1 amide bonds. The average molecular weight is 402 g/mol. The number of amides is 1. The van der Waals surface area contributed by atoms with Gasteiger partial charge in [0.15, 0.2) is 5.96 Å². The lowest BCUT2D eigenvalue weighted by Crippen LogP contribution is -2.57. The first-order chi connectivity index (χ1) is 13.9. The van der Waals surface area contributed by atoms with Crippen molar-refractivity contribution < 1.29 is 4.79 Å². The van der Waals surface area contributed by atoms with Gasteiger partial charge in [-0.15, -0.1) is 13.2 Å². The first kappa shape index (κ1) is 22.7. The maximum atomic E-state index is 12.7. The lowest BCUT2D eigenvalue weighted by Gasteiger charge is -2.37. The largest absolute Gasteiger partial charge is 0.355 e. The summed E-state index contributed by atoms with van der Waals surface area (Å²) in [6, 6.07) is 0.301. The number of hydrogen-bond donors (Lipinski definition) is 1. The lowest BCUT2D eigenvalue weighted by molar-refractivity contribution is -0.120. The number of anilines is 1. The predicted octanol–water partition coefficient (Wildman–Crippen LogP) is 1.34. The average Bonchev–Trinajstić information content (AvgIpc) is 3.11. The van der Waals surface area contributed by atoms with Crippen LogP contribution in [-0.2, 0) is 11.8 Å². The van der Waals surface area contributed by atoms with Crippen molar-refractivity contribution in [1.29, 1.82) is 0 Å². The van der Waals surface area contributed by atoms with Gasteiger partial charge in [0.25, 0.3) is 0 Å². The van der Waals surface area contributed by atoms with Gasteiger partial charge >= 0.3 is 0 Å². The fourth-order valence-corrected chi connectivity index (χ4v) is 3.67. The molecule has 0 spiro atoms. The number of piperazine rings is 1. The second kappa shape index (κ2) is 10.8. The third kappa shape index (κ3) is 5.93. The van der Waals surface area contributed by atoms with Crippen LogP contribution in [0.2, 0.25) is 0 Å². The highest BCUT2D eigenvalue weighted by Crippen LogP contribution is 2.16. The van der Waals surface area contributed by atoms with Crippen LogP contribution in [0.4, 0.5) is 5.69 Å². The van der Waals surface area contributed by atoms with Gasteiger partial charge in [0.2, 0.25) is 5.91 Å². The number of carbonyl (C=O) groups excluding carboxylic acids is 1. The van der Waals surface area contributed by atoms with Gasteiger partial charge < -0.3 is 15.1 Å². The number of nitrogens with zero attached hydrogens (tertiary/aromatic N) is 6. The Hall–Kier alpha value is -2.61. The summed E-state index contributed by atoms with van der Waals surface area (Å²) in [6.45, 7) is 16.1. The minimum atomic E-state index is 0.0487. The molecule has 1 fully saturated rings. The van der Waals surface area contributed by atoms with Gasteiger partial charge in [-0.1, -0.05) is 26.0 Å². The molecule has 160 valence electrons. The Bertz CT molecular complexity index is 714. The predicted molar refractivity (Wildman–Crippen MR) is 119 cm³/mol. The number of aromatic nitrogens is 2. The van der Waals surface area contributed by atoms with E-state index < -0.39 is 0 Å². The molecule has 1 aromatic rings. The van der Waals surface area contributed by atoms with Crippen molar-refractivity contribution in [2.24, 2.45) is 18.0 Å². The summed E-state index contributed by atoms with van der Waals surface area (Å²) >= 11 is 0. The quantitative estimate of drug-likeness (QED) is 0.384. The Balaban J connectivity index is 1.99. The van der Waals surface area contributed by atoms with Crippen molar-refractivity contribution in [3.05, 3.63) is 37.7 Å². The zero-order valence-corrected chi connectivity index (χ0v) is 18.2. The van der Waals surface area contributed by atoms with Gasteiger partial charge in [-0.2, -0.15) is 5.10 Å². The monoisotopic (exact) mass is 401 g/mol. The molecule has 2 rings (SSSR count). The standard InChI is InChI=1S/C21H35N7O/c1-7-9-26(10-8-2)19(17(3)4)14-23-21(22-5)27-11-12-28(20(29)16-27)18-13-24-25(6)15-18/h7-8,13,15,17,19H,1-2,9-12,14,16H2,3-6H3,(H,22,23). The normalized spacial score (nSPS) is 16.5. The van der Waals surface area contributed by atoms with Crippen LogP contribution in [0.3, 0.4) is 0 Å². The summed E-state index contributed by atoms with van der Waals surface area (Å²) in [7, 11) is 3.61. The van der Waals surface area contributed by atoms with Crippen LogP contribution < -0.4 is 10.2 Å². The van der Waals surface area contributed by atoms with Crippen LogP contribution in [0.15, 0.2) is 42.7 Å². The van der Waals surface area contributed by atoms with Crippen LogP contribution in [0.1, 0.15) is 13.8 Å². The van der Waals surface area contributed by atoms with Gasteiger partial charge in [0.05, 0.1) is 11.9 Å².